The van der Waals surface area contributed by atoms with Crippen molar-refractivity contribution in [1.82, 2.24) is 5.32 Å². The third kappa shape index (κ3) is 3.40. The van der Waals surface area contributed by atoms with Crippen LogP contribution in [0, 0.1) is 5.82 Å². The van der Waals surface area contributed by atoms with E-state index in [0.29, 0.717) is 12.1 Å². The van der Waals surface area contributed by atoms with Gasteiger partial charge in [-0.2, -0.15) is 0 Å². The minimum Gasteiger partial charge on any atom is -0.351 e. The molecule has 2 nitrogen and oxygen atoms in total. The van der Waals surface area contributed by atoms with Crippen molar-refractivity contribution in [2.75, 3.05) is 0 Å². The van der Waals surface area contributed by atoms with Crippen LogP contribution in [0.15, 0.2) is 40.2 Å². The summed E-state index contributed by atoms with van der Waals surface area (Å²) < 4.78 is 14.3. The fourth-order valence-corrected chi connectivity index (χ4v) is 2.94. The Hall–Kier alpha value is -1.20. The summed E-state index contributed by atoms with van der Waals surface area (Å²) in [5.74, 6) is -0.523. The van der Waals surface area contributed by atoms with E-state index >= 15 is 0 Å². The molecular formula is C13H11BrFNOS. The van der Waals surface area contributed by atoms with Gasteiger partial charge in [-0.1, -0.05) is 18.2 Å². The molecule has 0 bridgehead atoms. The third-order valence-corrected chi connectivity index (χ3v) is 4.37. The second kappa shape index (κ2) is 6.11. The number of halogens is 2. The van der Waals surface area contributed by atoms with Gasteiger partial charge in [0.1, 0.15) is 5.82 Å². The molecule has 0 atom stereocenters. The van der Waals surface area contributed by atoms with Gasteiger partial charge in [0.25, 0.3) is 0 Å². The van der Waals surface area contributed by atoms with Crippen LogP contribution in [0.1, 0.15) is 10.4 Å². The van der Waals surface area contributed by atoms with Crippen molar-refractivity contribution in [1.29, 1.82) is 0 Å². The zero-order valence-corrected chi connectivity index (χ0v) is 11.9. The maximum Gasteiger partial charge on any atom is 0.224 e. The molecule has 1 aromatic carbocycles. The van der Waals surface area contributed by atoms with Crippen molar-refractivity contribution in [3.63, 3.8) is 0 Å². The Kier molecular flexibility index (Phi) is 4.49. The van der Waals surface area contributed by atoms with Gasteiger partial charge in [-0.05, 0) is 39.0 Å². The zero-order chi connectivity index (χ0) is 13.0. The lowest BCUT2D eigenvalue weighted by atomic mass is 10.1. The van der Waals surface area contributed by atoms with Gasteiger partial charge >= 0.3 is 0 Å². The largest absolute Gasteiger partial charge is 0.351 e. The molecule has 5 heteroatoms. The summed E-state index contributed by atoms with van der Waals surface area (Å²) in [4.78, 5) is 12.7. The number of carbonyl (C=O) groups excluding carboxylic acids is 1. The summed E-state index contributed by atoms with van der Waals surface area (Å²) >= 11 is 4.96. The summed E-state index contributed by atoms with van der Waals surface area (Å²) in [5.41, 5.74) is 0.417. The van der Waals surface area contributed by atoms with E-state index in [1.807, 2.05) is 11.4 Å². The van der Waals surface area contributed by atoms with Crippen molar-refractivity contribution in [3.05, 3.63) is 56.4 Å². The van der Waals surface area contributed by atoms with Crippen molar-refractivity contribution in [3.8, 4) is 0 Å². The first-order valence-electron chi connectivity index (χ1n) is 5.39. The molecular weight excluding hydrogens is 317 g/mol. The Labute approximate surface area is 117 Å². The fourth-order valence-electron chi connectivity index (χ4n) is 1.51. The molecule has 0 fully saturated rings. The quantitative estimate of drug-likeness (QED) is 0.914. The van der Waals surface area contributed by atoms with Crippen LogP contribution in [0.2, 0.25) is 0 Å². The summed E-state index contributed by atoms with van der Waals surface area (Å²) in [5, 5.41) is 4.72. The second-order valence-electron chi connectivity index (χ2n) is 3.74. The number of carbonyl (C=O) groups is 1. The lowest BCUT2D eigenvalue weighted by Crippen LogP contribution is -2.24. The van der Waals surface area contributed by atoms with E-state index in [0.717, 1.165) is 9.35 Å². The average molecular weight is 328 g/mol. The monoisotopic (exact) mass is 327 g/mol. The fraction of sp³-hybridized carbons (Fsp3) is 0.154. The average Bonchev–Trinajstić information content (AvgIpc) is 2.75. The van der Waals surface area contributed by atoms with Crippen LogP contribution < -0.4 is 5.32 Å². The molecule has 1 aromatic heterocycles. The highest BCUT2D eigenvalue weighted by atomic mass is 79.9. The van der Waals surface area contributed by atoms with Gasteiger partial charge in [-0.3, -0.25) is 4.79 Å². The molecule has 94 valence electrons. The van der Waals surface area contributed by atoms with Crippen molar-refractivity contribution < 1.29 is 9.18 Å². The molecule has 0 saturated carbocycles. The molecule has 1 amide bonds. The van der Waals surface area contributed by atoms with Gasteiger partial charge in [0.15, 0.2) is 0 Å². The number of rotatable bonds is 4. The maximum atomic E-state index is 13.3. The molecule has 0 aliphatic carbocycles. The standard InChI is InChI=1S/C13H11BrFNOS/c14-10-5-6-18-12(10)8-16-13(17)7-9-3-1-2-4-11(9)15/h1-6H,7-8H2,(H,16,17). The highest BCUT2D eigenvalue weighted by Gasteiger charge is 2.08. The second-order valence-corrected chi connectivity index (χ2v) is 5.59. The summed E-state index contributed by atoms with van der Waals surface area (Å²) in [6.45, 7) is 0.464. The summed E-state index contributed by atoms with van der Waals surface area (Å²) in [6, 6.07) is 8.25. The molecule has 0 saturated heterocycles. The van der Waals surface area contributed by atoms with Crippen LogP contribution in [0.25, 0.3) is 0 Å². The first-order valence-corrected chi connectivity index (χ1v) is 7.06. The van der Waals surface area contributed by atoms with E-state index in [1.165, 1.54) is 6.07 Å². The Balaban J connectivity index is 1.90. The predicted octanol–water partition coefficient (Wildman–Crippen LogP) is 3.51. The molecule has 0 radical (unpaired) electrons. The van der Waals surface area contributed by atoms with Gasteiger partial charge in [0.05, 0.1) is 13.0 Å². The molecule has 0 spiro atoms. The topological polar surface area (TPSA) is 29.1 Å². The Morgan fingerprint density at radius 2 is 2.11 bits per heavy atom. The van der Waals surface area contributed by atoms with Crippen LogP contribution in [0.5, 0.6) is 0 Å². The number of amides is 1. The van der Waals surface area contributed by atoms with Gasteiger partial charge in [-0.25, -0.2) is 4.39 Å². The van der Waals surface area contributed by atoms with Crippen molar-refractivity contribution in [2.45, 2.75) is 13.0 Å². The molecule has 0 unspecified atom stereocenters. The molecule has 0 aliphatic rings. The Bertz CT molecular complexity index is 555. The summed E-state index contributed by atoms with van der Waals surface area (Å²) in [6.07, 6.45) is 0.0651. The number of hydrogen-bond acceptors (Lipinski definition) is 2. The van der Waals surface area contributed by atoms with Crippen LogP contribution in [-0.4, -0.2) is 5.91 Å². The SMILES string of the molecule is O=C(Cc1ccccc1F)NCc1sccc1Br. The van der Waals surface area contributed by atoms with Crippen molar-refractivity contribution >= 4 is 33.2 Å². The normalized spacial score (nSPS) is 10.3. The summed E-state index contributed by atoms with van der Waals surface area (Å²) in [7, 11) is 0. The number of benzene rings is 1. The predicted molar refractivity (Wildman–Crippen MR) is 74.0 cm³/mol. The highest BCUT2D eigenvalue weighted by Crippen LogP contribution is 2.22. The van der Waals surface area contributed by atoms with Crippen LogP contribution in [-0.2, 0) is 17.8 Å². The molecule has 1 N–H and O–H groups in total. The molecule has 2 aromatic rings. The van der Waals surface area contributed by atoms with E-state index in [-0.39, 0.29) is 18.1 Å². The van der Waals surface area contributed by atoms with Crippen molar-refractivity contribution in [2.24, 2.45) is 0 Å². The van der Waals surface area contributed by atoms with Crippen LogP contribution in [0.3, 0.4) is 0 Å². The Morgan fingerprint density at radius 3 is 2.78 bits per heavy atom. The van der Waals surface area contributed by atoms with E-state index in [4.69, 9.17) is 0 Å². The maximum absolute atomic E-state index is 13.3. The molecule has 0 aliphatic heterocycles. The minimum atomic E-state index is -0.343. The zero-order valence-electron chi connectivity index (χ0n) is 9.45. The first-order chi connectivity index (χ1) is 8.66. The highest BCUT2D eigenvalue weighted by molar-refractivity contribution is 9.10. The van der Waals surface area contributed by atoms with Gasteiger partial charge < -0.3 is 5.32 Å². The third-order valence-electron chi connectivity index (χ3n) is 2.45. The van der Waals surface area contributed by atoms with E-state index < -0.39 is 0 Å². The lowest BCUT2D eigenvalue weighted by molar-refractivity contribution is -0.120. The van der Waals surface area contributed by atoms with Crippen LogP contribution >= 0.6 is 27.3 Å². The van der Waals surface area contributed by atoms with E-state index in [9.17, 15) is 9.18 Å². The number of thiophene rings is 1. The molecule has 2 rings (SSSR count). The first kappa shape index (κ1) is 13.2. The van der Waals surface area contributed by atoms with Crippen LogP contribution in [0.4, 0.5) is 4.39 Å². The minimum absolute atomic E-state index is 0.0651. The van der Waals surface area contributed by atoms with E-state index in [2.05, 4.69) is 21.2 Å². The smallest absolute Gasteiger partial charge is 0.224 e. The number of nitrogens with one attached hydrogen (secondary N) is 1. The van der Waals surface area contributed by atoms with Gasteiger partial charge in [-0.15, -0.1) is 11.3 Å². The molecule has 1 heterocycles. The lowest BCUT2D eigenvalue weighted by Gasteiger charge is -2.05. The Morgan fingerprint density at radius 1 is 1.33 bits per heavy atom. The number of hydrogen-bond donors (Lipinski definition) is 1. The molecule has 18 heavy (non-hydrogen) atoms. The van der Waals surface area contributed by atoms with Gasteiger partial charge in [0, 0.05) is 9.35 Å². The van der Waals surface area contributed by atoms with Gasteiger partial charge in [0.2, 0.25) is 5.91 Å². The van der Waals surface area contributed by atoms with E-state index in [1.54, 1.807) is 29.5 Å².